The molecule has 170 valence electrons. The molecule has 1 unspecified atom stereocenters. The fourth-order valence-electron chi connectivity index (χ4n) is 4.62. The fraction of sp³-hybridized carbons (Fsp3) is 0.696. The third-order valence-corrected chi connectivity index (χ3v) is 6.71. The highest BCUT2D eigenvalue weighted by atomic mass is 16.5. The van der Waals surface area contributed by atoms with Crippen molar-refractivity contribution in [3.05, 3.63) is 33.7 Å². The number of pyridine rings is 1. The zero-order valence-electron chi connectivity index (χ0n) is 18.4. The van der Waals surface area contributed by atoms with Crippen LogP contribution in [0, 0.1) is 11.8 Å². The molecule has 1 aromatic heterocycles. The second-order valence-electron chi connectivity index (χ2n) is 9.20. The Morgan fingerprint density at radius 1 is 1.13 bits per heavy atom. The SMILES string of the molecule is CCc1[nH]c(=O)ccc1C(=O)NCC1CN(CC2CCN(CC3CC3)CC2)C(=O)CO1. The Balaban J connectivity index is 1.24. The molecule has 0 aromatic carbocycles. The maximum absolute atomic E-state index is 12.6. The number of morpholine rings is 1. The van der Waals surface area contributed by atoms with Gasteiger partial charge in [0.15, 0.2) is 0 Å². The lowest BCUT2D eigenvalue weighted by Crippen LogP contribution is -2.52. The van der Waals surface area contributed by atoms with Crippen LogP contribution in [0.5, 0.6) is 0 Å². The molecule has 1 atom stereocenters. The molecule has 31 heavy (non-hydrogen) atoms. The van der Waals surface area contributed by atoms with Gasteiger partial charge in [0, 0.05) is 37.9 Å². The lowest BCUT2D eigenvalue weighted by molar-refractivity contribution is -0.149. The summed E-state index contributed by atoms with van der Waals surface area (Å²) >= 11 is 0. The minimum atomic E-state index is -0.233. The summed E-state index contributed by atoms with van der Waals surface area (Å²) in [7, 11) is 0. The number of nitrogens with zero attached hydrogens (tertiary/aromatic N) is 2. The van der Waals surface area contributed by atoms with Crippen LogP contribution < -0.4 is 10.9 Å². The highest BCUT2D eigenvalue weighted by Gasteiger charge is 2.31. The van der Waals surface area contributed by atoms with E-state index in [0.29, 0.717) is 36.7 Å². The van der Waals surface area contributed by atoms with E-state index in [1.807, 2.05) is 11.8 Å². The molecule has 4 rings (SSSR count). The van der Waals surface area contributed by atoms with Gasteiger partial charge in [0.1, 0.15) is 6.61 Å². The predicted octanol–water partition coefficient (Wildman–Crippen LogP) is 1.02. The minimum absolute atomic E-state index is 0.0388. The first-order chi connectivity index (χ1) is 15.0. The van der Waals surface area contributed by atoms with Crippen molar-refractivity contribution >= 4 is 11.8 Å². The molecule has 2 saturated heterocycles. The number of carbonyl (C=O) groups is 2. The molecule has 3 fully saturated rings. The largest absolute Gasteiger partial charge is 0.365 e. The van der Waals surface area contributed by atoms with E-state index in [4.69, 9.17) is 4.74 Å². The van der Waals surface area contributed by atoms with Gasteiger partial charge in [-0.3, -0.25) is 14.4 Å². The average molecular weight is 431 g/mol. The molecule has 2 amide bonds. The van der Waals surface area contributed by atoms with E-state index >= 15 is 0 Å². The van der Waals surface area contributed by atoms with Gasteiger partial charge in [-0.1, -0.05) is 6.92 Å². The average Bonchev–Trinajstić information content (AvgIpc) is 3.59. The molecular formula is C23H34N4O4. The van der Waals surface area contributed by atoms with Crippen LogP contribution in [0.25, 0.3) is 0 Å². The summed E-state index contributed by atoms with van der Waals surface area (Å²) in [5, 5.41) is 2.90. The first-order valence-electron chi connectivity index (χ1n) is 11.6. The second kappa shape index (κ2) is 9.96. The van der Waals surface area contributed by atoms with Crippen molar-refractivity contribution in [3.63, 3.8) is 0 Å². The standard InChI is InChI=1S/C23H34N4O4/c1-2-20-19(5-6-21(28)25-20)23(30)24-11-18-14-27(22(29)15-31-18)13-17-7-9-26(10-8-17)12-16-3-4-16/h5-6,16-18H,2-4,7-15H2,1H3,(H,24,30)(H,25,28). The Labute approximate surface area is 183 Å². The zero-order chi connectivity index (χ0) is 21.8. The number of aromatic nitrogens is 1. The van der Waals surface area contributed by atoms with Crippen LogP contribution in [0.15, 0.2) is 16.9 Å². The van der Waals surface area contributed by atoms with Crippen molar-refractivity contribution in [3.8, 4) is 0 Å². The summed E-state index contributed by atoms with van der Waals surface area (Å²) in [5.41, 5.74) is 0.889. The van der Waals surface area contributed by atoms with Crippen molar-refractivity contribution in [2.24, 2.45) is 11.8 Å². The molecule has 0 bridgehead atoms. The molecule has 2 N–H and O–H groups in total. The first kappa shape index (κ1) is 22.0. The van der Waals surface area contributed by atoms with Crippen molar-refractivity contribution in [1.82, 2.24) is 20.1 Å². The third kappa shape index (κ3) is 5.95. The zero-order valence-corrected chi connectivity index (χ0v) is 18.4. The molecule has 2 aliphatic heterocycles. The molecule has 0 radical (unpaired) electrons. The number of H-pyrrole nitrogens is 1. The van der Waals surface area contributed by atoms with E-state index in [1.165, 1.54) is 25.5 Å². The van der Waals surface area contributed by atoms with Crippen LogP contribution in [0.2, 0.25) is 0 Å². The molecule has 0 spiro atoms. The van der Waals surface area contributed by atoms with Gasteiger partial charge in [0.25, 0.3) is 5.91 Å². The van der Waals surface area contributed by atoms with E-state index in [9.17, 15) is 14.4 Å². The van der Waals surface area contributed by atoms with E-state index in [0.717, 1.165) is 38.4 Å². The number of aromatic amines is 1. The number of likely N-dealkylation sites (tertiary alicyclic amines) is 1. The Kier molecular flexibility index (Phi) is 7.07. The van der Waals surface area contributed by atoms with Crippen LogP contribution in [0.4, 0.5) is 0 Å². The van der Waals surface area contributed by atoms with E-state index < -0.39 is 0 Å². The molecule has 3 aliphatic rings. The van der Waals surface area contributed by atoms with Gasteiger partial charge in [-0.05, 0) is 63.1 Å². The van der Waals surface area contributed by atoms with E-state index in [-0.39, 0.29) is 30.1 Å². The summed E-state index contributed by atoms with van der Waals surface area (Å²) in [4.78, 5) is 43.6. The maximum atomic E-state index is 12.6. The van der Waals surface area contributed by atoms with Gasteiger partial charge in [0.2, 0.25) is 11.5 Å². The van der Waals surface area contributed by atoms with Gasteiger partial charge in [-0.2, -0.15) is 0 Å². The van der Waals surface area contributed by atoms with Crippen molar-refractivity contribution < 1.29 is 14.3 Å². The molecule has 8 nitrogen and oxygen atoms in total. The second-order valence-corrected chi connectivity index (χ2v) is 9.20. The number of piperidine rings is 1. The van der Waals surface area contributed by atoms with Crippen molar-refractivity contribution in [1.29, 1.82) is 0 Å². The normalized spacial score (nSPS) is 23.2. The molecular weight excluding hydrogens is 396 g/mol. The summed E-state index contributed by atoms with van der Waals surface area (Å²) in [5.74, 6) is 1.28. The van der Waals surface area contributed by atoms with Crippen molar-refractivity contribution in [2.45, 2.75) is 45.1 Å². The van der Waals surface area contributed by atoms with Gasteiger partial charge in [-0.15, -0.1) is 0 Å². The summed E-state index contributed by atoms with van der Waals surface area (Å²) in [6.07, 6.45) is 5.42. The van der Waals surface area contributed by atoms with Crippen molar-refractivity contribution in [2.75, 3.05) is 45.9 Å². The summed E-state index contributed by atoms with van der Waals surface area (Å²) in [6, 6.07) is 2.92. The van der Waals surface area contributed by atoms with Crippen LogP contribution in [-0.4, -0.2) is 78.6 Å². The van der Waals surface area contributed by atoms with E-state index in [1.54, 1.807) is 6.07 Å². The lowest BCUT2D eigenvalue weighted by Gasteiger charge is -2.38. The highest BCUT2D eigenvalue weighted by Crippen LogP contribution is 2.31. The maximum Gasteiger partial charge on any atom is 0.253 e. The Morgan fingerprint density at radius 2 is 1.87 bits per heavy atom. The van der Waals surface area contributed by atoms with Crippen LogP contribution in [0.1, 0.15) is 48.7 Å². The Bertz CT molecular complexity index is 842. The minimum Gasteiger partial charge on any atom is -0.365 e. The molecule has 8 heteroatoms. The topological polar surface area (TPSA) is 94.7 Å². The number of carbonyl (C=O) groups excluding carboxylic acids is 2. The van der Waals surface area contributed by atoms with Gasteiger partial charge in [0.05, 0.1) is 11.7 Å². The number of hydrogen-bond acceptors (Lipinski definition) is 5. The summed E-state index contributed by atoms with van der Waals surface area (Å²) < 4.78 is 5.67. The first-order valence-corrected chi connectivity index (χ1v) is 11.6. The summed E-state index contributed by atoms with van der Waals surface area (Å²) in [6.45, 7) is 7.12. The fourth-order valence-corrected chi connectivity index (χ4v) is 4.62. The number of aryl methyl sites for hydroxylation is 1. The third-order valence-electron chi connectivity index (χ3n) is 6.71. The molecule has 1 saturated carbocycles. The smallest absolute Gasteiger partial charge is 0.253 e. The van der Waals surface area contributed by atoms with E-state index in [2.05, 4.69) is 15.2 Å². The van der Waals surface area contributed by atoms with Gasteiger partial charge < -0.3 is 24.8 Å². The molecule has 1 aromatic rings. The Morgan fingerprint density at radius 3 is 2.58 bits per heavy atom. The number of nitrogens with one attached hydrogen (secondary N) is 2. The number of ether oxygens (including phenoxy) is 1. The highest BCUT2D eigenvalue weighted by molar-refractivity contribution is 5.95. The van der Waals surface area contributed by atoms with Gasteiger partial charge >= 0.3 is 0 Å². The molecule has 3 heterocycles. The number of rotatable bonds is 8. The monoisotopic (exact) mass is 430 g/mol. The quantitative estimate of drug-likeness (QED) is 0.642. The Hall–Kier alpha value is -2.19. The van der Waals surface area contributed by atoms with Crippen LogP contribution >= 0.6 is 0 Å². The lowest BCUT2D eigenvalue weighted by atomic mass is 9.95. The number of hydrogen-bond donors (Lipinski definition) is 2. The predicted molar refractivity (Wildman–Crippen MR) is 117 cm³/mol. The van der Waals surface area contributed by atoms with Crippen LogP contribution in [-0.2, 0) is 16.0 Å². The molecule has 1 aliphatic carbocycles. The van der Waals surface area contributed by atoms with Gasteiger partial charge in [-0.25, -0.2) is 0 Å². The number of amides is 2. The van der Waals surface area contributed by atoms with Crippen LogP contribution in [0.3, 0.4) is 0 Å².